The highest BCUT2D eigenvalue weighted by atomic mass is 16.5. The summed E-state index contributed by atoms with van der Waals surface area (Å²) in [5.74, 6) is 0. The van der Waals surface area contributed by atoms with Crippen LogP contribution in [-0.2, 0) is 37.0 Å². The second-order valence-electron chi connectivity index (χ2n) is 5.74. The van der Waals surface area contributed by atoms with Crippen LogP contribution in [-0.4, -0.2) is 37.5 Å². The number of hydrogen-bond acceptors (Lipinski definition) is 8. The number of nitrogens with zero attached hydrogens (tertiary/aromatic N) is 6. The standard InChI is InChI=1S/C14H16N6O7/c1-16-11(21)7-9(18(5-26-3)13(16)23)15-10-8(20(7)25)12(22)17(2)14(24)19(10)6-27-4/h5-6H2,1-4H3. The molecule has 0 saturated carbocycles. The Morgan fingerprint density at radius 3 is 1.56 bits per heavy atom. The van der Waals surface area contributed by atoms with Crippen molar-refractivity contribution in [2.24, 2.45) is 14.1 Å². The number of aromatic nitrogens is 6. The molecule has 3 aromatic heterocycles. The van der Waals surface area contributed by atoms with Crippen molar-refractivity contribution in [3.05, 3.63) is 46.9 Å². The van der Waals surface area contributed by atoms with E-state index in [0.29, 0.717) is 9.13 Å². The predicted octanol–water partition coefficient (Wildman–Crippen LogP) is -3.05. The highest BCUT2D eigenvalue weighted by Gasteiger charge is 2.27. The van der Waals surface area contributed by atoms with E-state index < -0.39 is 33.5 Å². The molecule has 0 aliphatic heterocycles. The zero-order valence-electron chi connectivity index (χ0n) is 15.0. The molecule has 0 N–H and O–H groups in total. The fourth-order valence-electron chi connectivity index (χ4n) is 2.77. The first-order chi connectivity index (χ1) is 12.8. The average molecular weight is 380 g/mol. The van der Waals surface area contributed by atoms with E-state index in [1.807, 2.05) is 0 Å². The van der Waals surface area contributed by atoms with Crippen LogP contribution in [0.3, 0.4) is 0 Å². The van der Waals surface area contributed by atoms with Crippen LogP contribution in [0, 0.1) is 5.21 Å². The molecule has 13 nitrogen and oxygen atoms in total. The van der Waals surface area contributed by atoms with E-state index in [-0.39, 0.29) is 29.5 Å². The lowest BCUT2D eigenvalue weighted by Crippen LogP contribution is -2.49. The smallest absolute Gasteiger partial charge is 0.334 e. The minimum Gasteiger partial charge on any atom is -0.617 e. The molecule has 0 spiro atoms. The monoisotopic (exact) mass is 380 g/mol. The van der Waals surface area contributed by atoms with Gasteiger partial charge in [0.25, 0.3) is 0 Å². The largest absolute Gasteiger partial charge is 0.617 e. The van der Waals surface area contributed by atoms with Crippen molar-refractivity contribution in [1.29, 1.82) is 0 Å². The summed E-state index contributed by atoms with van der Waals surface area (Å²) in [5, 5.41) is 12.9. The van der Waals surface area contributed by atoms with E-state index in [4.69, 9.17) is 9.47 Å². The van der Waals surface area contributed by atoms with Gasteiger partial charge in [0, 0.05) is 28.3 Å². The SMILES string of the molecule is COCn1c(=O)n(C)c(=O)c2c1nc1c(c(=O)n(C)c(=O)n1COC)[n+]2[O-]. The van der Waals surface area contributed by atoms with Crippen LogP contribution in [0.4, 0.5) is 0 Å². The van der Waals surface area contributed by atoms with E-state index in [9.17, 15) is 24.4 Å². The Hall–Kier alpha value is -3.32. The molecule has 27 heavy (non-hydrogen) atoms. The van der Waals surface area contributed by atoms with E-state index in [0.717, 1.165) is 9.13 Å². The molecular formula is C14H16N6O7. The van der Waals surface area contributed by atoms with Gasteiger partial charge in [-0.3, -0.25) is 18.7 Å². The van der Waals surface area contributed by atoms with E-state index >= 15 is 0 Å². The third-order valence-electron chi connectivity index (χ3n) is 4.12. The third-order valence-corrected chi connectivity index (χ3v) is 4.12. The van der Waals surface area contributed by atoms with E-state index in [1.165, 1.54) is 28.3 Å². The molecule has 3 aromatic rings. The van der Waals surface area contributed by atoms with Crippen molar-refractivity contribution in [3.8, 4) is 0 Å². The van der Waals surface area contributed by atoms with Crippen LogP contribution in [0.5, 0.6) is 0 Å². The summed E-state index contributed by atoms with van der Waals surface area (Å²) in [6.07, 6.45) is 0. The molecule has 0 aromatic carbocycles. The summed E-state index contributed by atoms with van der Waals surface area (Å²) >= 11 is 0. The fraction of sp³-hybridized carbons (Fsp3) is 0.429. The second kappa shape index (κ2) is 6.44. The van der Waals surface area contributed by atoms with Gasteiger partial charge < -0.3 is 14.7 Å². The molecule has 13 heteroatoms. The van der Waals surface area contributed by atoms with Crippen LogP contribution in [0.25, 0.3) is 22.3 Å². The highest BCUT2D eigenvalue weighted by Crippen LogP contribution is 2.07. The molecule has 0 aliphatic rings. The second-order valence-corrected chi connectivity index (χ2v) is 5.74. The van der Waals surface area contributed by atoms with Crippen molar-refractivity contribution in [1.82, 2.24) is 23.3 Å². The molecule has 0 unspecified atom stereocenters. The fourth-order valence-corrected chi connectivity index (χ4v) is 2.77. The number of ether oxygens (including phenoxy) is 2. The Morgan fingerprint density at radius 1 is 0.852 bits per heavy atom. The van der Waals surface area contributed by atoms with Gasteiger partial charge in [-0.2, -0.15) is 4.98 Å². The summed E-state index contributed by atoms with van der Waals surface area (Å²) in [5.41, 5.74) is -5.09. The zero-order valence-corrected chi connectivity index (χ0v) is 15.0. The highest BCUT2D eigenvalue weighted by molar-refractivity contribution is 5.76. The zero-order chi connectivity index (χ0) is 20.0. The Labute approximate surface area is 149 Å². The van der Waals surface area contributed by atoms with Crippen molar-refractivity contribution in [2.45, 2.75) is 13.5 Å². The molecule has 0 fully saturated rings. The predicted molar refractivity (Wildman–Crippen MR) is 91.2 cm³/mol. The molecular weight excluding hydrogens is 364 g/mol. The molecule has 144 valence electrons. The lowest BCUT2D eigenvalue weighted by atomic mass is 10.4. The van der Waals surface area contributed by atoms with Gasteiger partial charge in [-0.05, 0) is 0 Å². The molecule has 0 aliphatic carbocycles. The van der Waals surface area contributed by atoms with Gasteiger partial charge in [0.15, 0.2) is 0 Å². The van der Waals surface area contributed by atoms with Crippen LogP contribution in [0.1, 0.15) is 0 Å². The van der Waals surface area contributed by atoms with Crippen molar-refractivity contribution in [2.75, 3.05) is 14.2 Å². The van der Waals surface area contributed by atoms with Crippen LogP contribution < -0.4 is 27.2 Å². The Kier molecular flexibility index (Phi) is 4.41. The summed E-state index contributed by atoms with van der Waals surface area (Å²) in [6.45, 7) is -0.609. The van der Waals surface area contributed by atoms with Crippen molar-refractivity contribution >= 4 is 22.3 Å². The Morgan fingerprint density at radius 2 is 1.22 bits per heavy atom. The maximum Gasteiger partial charge on any atom is 0.334 e. The van der Waals surface area contributed by atoms with Crippen LogP contribution in [0.15, 0.2) is 19.2 Å². The maximum absolute atomic E-state index is 12.9. The molecule has 3 rings (SSSR count). The maximum atomic E-state index is 12.9. The van der Waals surface area contributed by atoms with Crippen molar-refractivity contribution < 1.29 is 14.2 Å². The minimum atomic E-state index is -0.932. The van der Waals surface area contributed by atoms with Gasteiger partial charge in [0.2, 0.25) is 11.3 Å². The molecule has 0 radical (unpaired) electrons. The van der Waals surface area contributed by atoms with Gasteiger partial charge in [0.05, 0.1) is 0 Å². The lowest BCUT2D eigenvalue weighted by molar-refractivity contribution is -0.550. The number of fused-ring (bicyclic) bond motifs is 2. The Balaban J connectivity index is 2.74. The summed E-state index contributed by atoms with van der Waals surface area (Å²) in [6, 6.07) is 0. The van der Waals surface area contributed by atoms with E-state index in [1.54, 1.807) is 0 Å². The first kappa shape index (κ1) is 18.5. The third kappa shape index (κ3) is 2.47. The quantitative estimate of drug-likeness (QED) is 0.263. The van der Waals surface area contributed by atoms with Gasteiger partial charge >= 0.3 is 33.5 Å². The summed E-state index contributed by atoms with van der Waals surface area (Å²) in [7, 11) is 4.99. The molecule has 0 amide bonds. The van der Waals surface area contributed by atoms with E-state index in [2.05, 4.69) is 4.98 Å². The summed E-state index contributed by atoms with van der Waals surface area (Å²) < 4.78 is 13.3. The van der Waals surface area contributed by atoms with Gasteiger partial charge in [0.1, 0.15) is 13.5 Å². The Bertz CT molecular complexity index is 1210. The number of rotatable bonds is 4. The number of methoxy groups -OCH3 is 2. The first-order valence-electron chi connectivity index (χ1n) is 7.60. The lowest BCUT2D eigenvalue weighted by Gasteiger charge is -2.13. The summed E-state index contributed by atoms with van der Waals surface area (Å²) in [4.78, 5) is 53.8. The molecule has 0 bridgehead atoms. The normalized spacial score (nSPS) is 11.6. The topological polar surface area (TPSA) is 146 Å². The van der Waals surface area contributed by atoms with Crippen LogP contribution in [0.2, 0.25) is 0 Å². The number of hydrogen-bond donors (Lipinski definition) is 0. The minimum absolute atomic E-state index is 0.0829. The molecule has 0 atom stereocenters. The molecule has 3 heterocycles. The molecule has 0 saturated heterocycles. The van der Waals surface area contributed by atoms with Gasteiger partial charge in [-0.15, -0.1) is 4.73 Å². The van der Waals surface area contributed by atoms with Crippen LogP contribution >= 0.6 is 0 Å². The first-order valence-corrected chi connectivity index (χ1v) is 7.60. The average Bonchev–Trinajstić information content (AvgIpc) is 2.64. The van der Waals surface area contributed by atoms with Gasteiger partial charge in [-0.25, -0.2) is 18.7 Å². The van der Waals surface area contributed by atoms with Crippen molar-refractivity contribution in [3.63, 3.8) is 0 Å². The van der Waals surface area contributed by atoms with Gasteiger partial charge in [-0.1, -0.05) is 0 Å².